The maximum atomic E-state index is 5.80. The molecule has 0 aromatic heterocycles. The summed E-state index contributed by atoms with van der Waals surface area (Å²) in [5, 5.41) is 6.64. The van der Waals surface area contributed by atoms with Gasteiger partial charge < -0.3 is 15.4 Å². The molecule has 5 nitrogen and oxygen atoms in total. The van der Waals surface area contributed by atoms with Gasteiger partial charge in [-0.1, -0.05) is 24.3 Å². The second-order valence-corrected chi connectivity index (χ2v) is 6.99. The standard InChI is InChI=1S/C19H32N4O.HI/c1-14(2)22-19(20-5)21-10-17-6-8-18(9-7-17)13-23-11-15(3)24-16(4)12-23;/h6-9,14-16H,10-13H2,1-5H3,(H2,20,21,22);1H. The number of nitrogens with one attached hydrogen (secondary N) is 2. The molecule has 1 aromatic rings. The molecule has 0 bridgehead atoms. The number of ether oxygens (including phenoxy) is 1. The van der Waals surface area contributed by atoms with Gasteiger partial charge in [0.25, 0.3) is 0 Å². The number of aliphatic imine (C=N–C) groups is 1. The summed E-state index contributed by atoms with van der Waals surface area (Å²) in [7, 11) is 1.80. The molecule has 1 heterocycles. The second-order valence-electron chi connectivity index (χ2n) is 6.99. The van der Waals surface area contributed by atoms with Crippen LogP contribution >= 0.6 is 24.0 Å². The Morgan fingerprint density at radius 3 is 2.24 bits per heavy atom. The molecule has 1 aliphatic heterocycles. The maximum Gasteiger partial charge on any atom is 0.191 e. The Bertz CT molecular complexity index is 523. The van der Waals surface area contributed by atoms with Crippen molar-refractivity contribution < 1.29 is 4.74 Å². The first-order chi connectivity index (χ1) is 11.5. The molecular weight excluding hydrogens is 427 g/mol. The van der Waals surface area contributed by atoms with Gasteiger partial charge in [-0.25, -0.2) is 0 Å². The number of guanidine groups is 1. The maximum absolute atomic E-state index is 5.80. The van der Waals surface area contributed by atoms with Crippen molar-refractivity contribution in [3.8, 4) is 0 Å². The van der Waals surface area contributed by atoms with Crippen molar-refractivity contribution in [2.45, 2.75) is 59.0 Å². The molecule has 2 rings (SSSR count). The predicted molar refractivity (Wildman–Crippen MR) is 116 cm³/mol. The minimum Gasteiger partial charge on any atom is -0.373 e. The van der Waals surface area contributed by atoms with Gasteiger partial charge in [-0.3, -0.25) is 9.89 Å². The molecule has 1 saturated heterocycles. The van der Waals surface area contributed by atoms with Crippen molar-refractivity contribution in [2.24, 2.45) is 4.99 Å². The molecule has 2 N–H and O–H groups in total. The molecule has 0 radical (unpaired) electrons. The molecule has 25 heavy (non-hydrogen) atoms. The van der Waals surface area contributed by atoms with Crippen molar-refractivity contribution >= 4 is 29.9 Å². The van der Waals surface area contributed by atoms with Gasteiger partial charge in [0.2, 0.25) is 0 Å². The SMILES string of the molecule is CN=C(NCc1ccc(CN2CC(C)OC(C)C2)cc1)NC(C)C.I. The fourth-order valence-electron chi connectivity index (χ4n) is 3.09. The lowest BCUT2D eigenvalue weighted by Crippen LogP contribution is -2.44. The topological polar surface area (TPSA) is 48.9 Å². The summed E-state index contributed by atoms with van der Waals surface area (Å²) in [6.45, 7) is 12.3. The van der Waals surface area contributed by atoms with Gasteiger partial charge >= 0.3 is 0 Å². The van der Waals surface area contributed by atoms with Crippen LogP contribution in [0.3, 0.4) is 0 Å². The highest BCUT2D eigenvalue weighted by Crippen LogP contribution is 2.14. The van der Waals surface area contributed by atoms with Gasteiger partial charge in [-0.2, -0.15) is 0 Å². The molecule has 0 spiro atoms. The molecule has 0 aliphatic carbocycles. The number of hydrogen-bond donors (Lipinski definition) is 2. The molecule has 1 aromatic carbocycles. The van der Waals surface area contributed by atoms with Gasteiger partial charge in [0.15, 0.2) is 5.96 Å². The van der Waals surface area contributed by atoms with Crippen molar-refractivity contribution in [3.05, 3.63) is 35.4 Å². The number of benzene rings is 1. The lowest BCUT2D eigenvalue weighted by molar-refractivity contribution is -0.0704. The predicted octanol–water partition coefficient (Wildman–Crippen LogP) is 2.99. The summed E-state index contributed by atoms with van der Waals surface area (Å²) in [5.74, 6) is 0.838. The summed E-state index contributed by atoms with van der Waals surface area (Å²) < 4.78 is 5.80. The summed E-state index contributed by atoms with van der Waals surface area (Å²) in [5.41, 5.74) is 2.61. The zero-order valence-electron chi connectivity index (χ0n) is 16.1. The Labute approximate surface area is 169 Å². The number of hydrogen-bond acceptors (Lipinski definition) is 3. The lowest BCUT2D eigenvalue weighted by Gasteiger charge is -2.35. The van der Waals surface area contributed by atoms with E-state index >= 15 is 0 Å². The Balaban J connectivity index is 0.00000312. The van der Waals surface area contributed by atoms with Crippen LogP contribution < -0.4 is 10.6 Å². The summed E-state index contributed by atoms with van der Waals surface area (Å²) >= 11 is 0. The van der Waals surface area contributed by atoms with E-state index in [0.29, 0.717) is 18.2 Å². The fraction of sp³-hybridized carbons (Fsp3) is 0.632. The monoisotopic (exact) mass is 460 g/mol. The van der Waals surface area contributed by atoms with E-state index in [1.807, 2.05) is 0 Å². The third-order valence-corrected chi connectivity index (χ3v) is 4.03. The van der Waals surface area contributed by atoms with E-state index in [1.165, 1.54) is 11.1 Å². The zero-order chi connectivity index (χ0) is 17.5. The number of nitrogens with zero attached hydrogens (tertiary/aromatic N) is 2. The second kappa shape index (κ2) is 11.0. The minimum atomic E-state index is 0. The van der Waals surface area contributed by atoms with Gasteiger partial charge in [-0.05, 0) is 38.8 Å². The third-order valence-electron chi connectivity index (χ3n) is 4.03. The van der Waals surface area contributed by atoms with Crippen molar-refractivity contribution in [1.82, 2.24) is 15.5 Å². The van der Waals surface area contributed by atoms with E-state index in [9.17, 15) is 0 Å². The number of morpholine rings is 1. The summed E-state index contributed by atoms with van der Waals surface area (Å²) in [4.78, 5) is 6.70. The van der Waals surface area contributed by atoms with Crippen LogP contribution in [-0.2, 0) is 17.8 Å². The number of rotatable bonds is 5. The van der Waals surface area contributed by atoms with Gasteiger partial charge in [0.1, 0.15) is 0 Å². The van der Waals surface area contributed by atoms with Crippen LogP contribution in [0.4, 0.5) is 0 Å². The highest BCUT2D eigenvalue weighted by Gasteiger charge is 2.21. The van der Waals surface area contributed by atoms with Crippen LogP contribution in [0.25, 0.3) is 0 Å². The lowest BCUT2D eigenvalue weighted by atomic mass is 10.1. The minimum absolute atomic E-state index is 0. The van der Waals surface area contributed by atoms with E-state index in [-0.39, 0.29) is 24.0 Å². The van der Waals surface area contributed by atoms with E-state index in [0.717, 1.165) is 32.1 Å². The van der Waals surface area contributed by atoms with E-state index in [1.54, 1.807) is 7.05 Å². The molecule has 142 valence electrons. The molecule has 0 saturated carbocycles. The van der Waals surface area contributed by atoms with Gasteiger partial charge in [0, 0.05) is 39.3 Å². The van der Waals surface area contributed by atoms with Crippen LogP contribution in [0, 0.1) is 0 Å². The first-order valence-corrected chi connectivity index (χ1v) is 8.89. The van der Waals surface area contributed by atoms with Crippen LogP contribution in [0.5, 0.6) is 0 Å². The first kappa shape index (κ1) is 22.2. The highest BCUT2D eigenvalue weighted by molar-refractivity contribution is 14.0. The molecular formula is C19H33IN4O. The van der Waals surface area contributed by atoms with Gasteiger partial charge in [-0.15, -0.1) is 24.0 Å². The summed E-state index contributed by atoms with van der Waals surface area (Å²) in [6.07, 6.45) is 0.634. The van der Waals surface area contributed by atoms with Crippen LogP contribution in [0.15, 0.2) is 29.3 Å². The zero-order valence-corrected chi connectivity index (χ0v) is 18.4. The molecule has 0 amide bonds. The number of halogens is 1. The molecule has 2 atom stereocenters. The van der Waals surface area contributed by atoms with Crippen molar-refractivity contribution in [1.29, 1.82) is 0 Å². The highest BCUT2D eigenvalue weighted by atomic mass is 127. The van der Waals surface area contributed by atoms with Crippen LogP contribution in [0.2, 0.25) is 0 Å². The molecule has 1 fully saturated rings. The Hall–Kier alpha value is -0.860. The van der Waals surface area contributed by atoms with Crippen LogP contribution in [0.1, 0.15) is 38.8 Å². The Morgan fingerprint density at radius 1 is 1.16 bits per heavy atom. The third kappa shape index (κ3) is 7.92. The first-order valence-electron chi connectivity index (χ1n) is 8.89. The molecule has 1 aliphatic rings. The molecule has 2 unspecified atom stereocenters. The molecule has 6 heteroatoms. The Kier molecular flexibility index (Phi) is 9.74. The largest absolute Gasteiger partial charge is 0.373 e. The normalized spacial score (nSPS) is 21.8. The van der Waals surface area contributed by atoms with Crippen LogP contribution in [-0.4, -0.2) is 49.2 Å². The van der Waals surface area contributed by atoms with Crippen molar-refractivity contribution in [3.63, 3.8) is 0 Å². The smallest absolute Gasteiger partial charge is 0.191 e. The Morgan fingerprint density at radius 2 is 1.72 bits per heavy atom. The van der Waals surface area contributed by atoms with E-state index < -0.39 is 0 Å². The quantitative estimate of drug-likeness (QED) is 0.403. The van der Waals surface area contributed by atoms with E-state index in [2.05, 4.69) is 72.5 Å². The van der Waals surface area contributed by atoms with E-state index in [4.69, 9.17) is 4.74 Å². The average molecular weight is 460 g/mol. The van der Waals surface area contributed by atoms with Gasteiger partial charge in [0.05, 0.1) is 12.2 Å². The van der Waals surface area contributed by atoms with Crippen molar-refractivity contribution in [2.75, 3.05) is 20.1 Å². The fourth-order valence-corrected chi connectivity index (χ4v) is 3.09. The average Bonchev–Trinajstić information content (AvgIpc) is 2.51. The summed E-state index contributed by atoms with van der Waals surface area (Å²) in [6, 6.07) is 9.20.